The maximum Gasteiger partial charge on any atom is 0.223 e. The number of carbonyl (C=O) groups excluding carboxylic acids is 1. The normalized spacial score (nSPS) is 10.1. The van der Waals surface area contributed by atoms with E-state index in [1.54, 1.807) is 11.9 Å². The predicted molar refractivity (Wildman–Crippen MR) is 69.6 cm³/mol. The lowest BCUT2D eigenvalue weighted by molar-refractivity contribution is -0.129. The summed E-state index contributed by atoms with van der Waals surface area (Å²) in [6, 6.07) is 7.85. The van der Waals surface area contributed by atoms with Crippen molar-refractivity contribution >= 4 is 17.5 Å². The predicted octanol–water partition coefficient (Wildman–Crippen LogP) is 2.46. The van der Waals surface area contributed by atoms with Gasteiger partial charge in [-0.15, -0.1) is 11.6 Å². The molecule has 1 amide bonds. The molecule has 0 N–H and O–H groups in total. The standard InChI is InChI=1S/C13H18ClNO2/c1-11-4-3-5-12(10-11)17-9-8-15(2)13(16)6-7-14/h3-5,10H,6-9H2,1-2H3. The van der Waals surface area contributed by atoms with Gasteiger partial charge in [-0.1, -0.05) is 12.1 Å². The topological polar surface area (TPSA) is 29.5 Å². The molecule has 0 atom stereocenters. The van der Waals surface area contributed by atoms with Gasteiger partial charge in [0.15, 0.2) is 0 Å². The second-order valence-electron chi connectivity index (χ2n) is 3.92. The van der Waals surface area contributed by atoms with Crippen LogP contribution in [0.3, 0.4) is 0 Å². The fraction of sp³-hybridized carbons (Fsp3) is 0.462. The number of benzene rings is 1. The first-order valence-electron chi connectivity index (χ1n) is 5.63. The molecule has 3 nitrogen and oxygen atoms in total. The van der Waals surface area contributed by atoms with E-state index in [9.17, 15) is 4.79 Å². The summed E-state index contributed by atoms with van der Waals surface area (Å²) in [5.74, 6) is 1.25. The maximum atomic E-state index is 11.4. The zero-order valence-electron chi connectivity index (χ0n) is 10.3. The molecule has 1 aromatic rings. The van der Waals surface area contributed by atoms with E-state index in [-0.39, 0.29) is 5.91 Å². The van der Waals surface area contributed by atoms with Crippen molar-refractivity contribution in [1.29, 1.82) is 0 Å². The van der Waals surface area contributed by atoms with Crippen molar-refractivity contribution in [2.24, 2.45) is 0 Å². The number of rotatable bonds is 6. The Balaban J connectivity index is 2.30. The van der Waals surface area contributed by atoms with Crippen molar-refractivity contribution in [2.45, 2.75) is 13.3 Å². The van der Waals surface area contributed by atoms with Gasteiger partial charge in [-0.25, -0.2) is 0 Å². The molecular weight excluding hydrogens is 238 g/mol. The van der Waals surface area contributed by atoms with Crippen LogP contribution in [0.4, 0.5) is 0 Å². The largest absolute Gasteiger partial charge is 0.492 e. The lowest BCUT2D eigenvalue weighted by Gasteiger charge is -2.17. The van der Waals surface area contributed by atoms with Gasteiger partial charge in [-0.2, -0.15) is 0 Å². The highest BCUT2D eigenvalue weighted by molar-refractivity contribution is 6.18. The van der Waals surface area contributed by atoms with Crippen LogP contribution in [0.25, 0.3) is 0 Å². The molecule has 0 saturated heterocycles. The smallest absolute Gasteiger partial charge is 0.223 e. The van der Waals surface area contributed by atoms with Crippen molar-refractivity contribution in [1.82, 2.24) is 4.90 Å². The number of aryl methyl sites for hydroxylation is 1. The molecule has 0 fully saturated rings. The lowest BCUT2D eigenvalue weighted by Crippen LogP contribution is -2.30. The van der Waals surface area contributed by atoms with E-state index in [1.165, 1.54) is 0 Å². The quantitative estimate of drug-likeness (QED) is 0.731. The van der Waals surface area contributed by atoms with Gasteiger partial charge in [0, 0.05) is 19.3 Å². The number of nitrogens with zero attached hydrogens (tertiary/aromatic N) is 1. The molecule has 0 aliphatic rings. The molecule has 0 aliphatic heterocycles. The minimum Gasteiger partial charge on any atom is -0.492 e. The molecule has 1 aromatic carbocycles. The van der Waals surface area contributed by atoms with Crippen LogP contribution in [0.2, 0.25) is 0 Å². The molecule has 0 bridgehead atoms. The number of likely N-dealkylation sites (N-methyl/N-ethyl adjacent to an activating group) is 1. The number of halogens is 1. The first-order chi connectivity index (χ1) is 8.13. The summed E-state index contributed by atoms with van der Waals surface area (Å²) in [6.45, 7) is 3.08. The third-order valence-electron chi connectivity index (χ3n) is 2.42. The van der Waals surface area contributed by atoms with Gasteiger partial charge in [0.1, 0.15) is 12.4 Å². The molecule has 1 rings (SSSR count). The Labute approximate surface area is 107 Å². The summed E-state index contributed by atoms with van der Waals surface area (Å²) in [6.07, 6.45) is 0.377. The van der Waals surface area contributed by atoms with E-state index in [1.807, 2.05) is 31.2 Å². The minimum atomic E-state index is 0.0489. The van der Waals surface area contributed by atoms with E-state index < -0.39 is 0 Å². The van der Waals surface area contributed by atoms with E-state index >= 15 is 0 Å². The third-order valence-corrected chi connectivity index (χ3v) is 2.61. The van der Waals surface area contributed by atoms with Crippen LogP contribution in [0, 0.1) is 6.92 Å². The molecule has 0 unspecified atom stereocenters. The molecule has 0 saturated carbocycles. The minimum absolute atomic E-state index is 0.0489. The summed E-state index contributed by atoms with van der Waals surface area (Å²) in [5, 5.41) is 0. The number of alkyl halides is 1. The Morgan fingerprint density at radius 2 is 2.24 bits per heavy atom. The molecule has 0 aliphatic carbocycles. The molecule has 17 heavy (non-hydrogen) atoms. The van der Waals surface area contributed by atoms with E-state index in [4.69, 9.17) is 16.3 Å². The Kier molecular flexibility index (Phi) is 5.84. The summed E-state index contributed by atoms with van der Waals surface area (Å²) in [5.41, 5.74) is 1.16. The van der Waals surface area contributed by atoms with Crippen LogP contribution < -0.4 is 4.74 Å². The average molecular weight is 256 g/mol. The van der Waals surface area contributed by atoms with Crippen LogP contribution in [0.5, 0.6) is 5.75 Å². The Bertz CT molecular complexity index is 368. The summed E-state index contributed by atoms with van der Waals surface area (Å²) in [7, 11) is 1.76. The van der Waals surface area contributed by atoms with Crippen molar-refractivity contribution in [3.63, 3.8) is 0 Å². The fourth-order valence-corrected chi connectivity index (χ4v) is 1.56. The highest BCUT2D eigenvalue weighted by Gasteiger charge is 2.07. The van der Waals surface area contributed by atoms with Crippen LogP contribution in [-0.2, 0) is 4.79 Å². The molecule has 0 aromatic heterocycles. The first kappa shape index (κ1) is 13.8. The number of hydrogen-bond acceptors (Lipinski definition) is 2. The van der Waals surface area contributed by atoms with Crippen LogP contribution in [0.1, 0.15) is 12.0 Å². The summed E-state index contributed by atoms with van der Waals surface area (Å²) >= 11 is 5.51. The SMILES string of the molecule is Cc1cccc(OCCN(C)C(=O)CCCl)c1. The fourth-order valence-electron chi connectivity index (χ4n) is 1.40. The van der Waals surface area contributed by atoms with Gasteiger partial charge in [0.05, 0.1) is 6.54 Å². The van der Waals surface area contributed by atoms with Gasteiger partial charge < -0.3 is 9.64 Å². The number of ether oxygens (including phenoxy) is 1. The van der Waals surface area contributed by atoms with Gasteiger partial charge >= 0.3 is 0 Å². The van der Waals surface area contributed by atoms with Gasteiger partial charge in [0.2, 0.25) is 5.91 Å². The Hall–Kier alpha value is -1.22. The maximum absolute atomic E-state index is 11.4. The molecular formula is C13H18ClNO2. The van der Waals surface area contributed by atoms with Crippen LogP contribution in [0.15, 0.2) is 24.3 Å². The molecule has 0 radical (unpaired) electrons. The van der Waals surface area contributed by atoms with E-state index in [0.29, 0.717) is 25.5 Å². The number of hydrogen-bond donors (Lipinski definition) is 0. The zero-order chi connectivity index (χ0) is 12.7. The molecule has 0 spiro atoms. The monoisotopic (exact) mass is 255 g/mol. The van der Waals surface area contributed by atoms with Gasteiger partial charge in [-0.05, 0) is 24.6 Å². The van der Waals surface area contributed by atoms with Crippen LogP contribution in [-0.4, -0.2) is 36.9 Å². The molecule has 94 valence electrons. The van der Waals surface area contributed by atoms with E-state index in [2.05, 4.69) is 0 Å². The first-order valence-corrected chi connectivity index (χ1v) is 6.16. The Morgan fingerprint density at radius 3 is 2.88 bits per heavy atom. The number of carbonyl (C=O) groups is 1. The van der Waals surface area contributed by atoms with Crippen molar-refractivity contribution < 1.29 is 9.53 Å². The Morgan fingerprint density at radius 1 is 1.47 bits per heavy atom. The number of amides is 1. The summed E-state index contributed by atoms with van der Waals surface area (Å²) < 4.78 is 5.56. The highest BCUT2D eigenvalue weighted by atomic mass is 35.5. The highest BCUT2D eigenvalue weighted by Crippen LogP contribution is 2.12. The second kappa shape index (κ2) is 7.17. The molecule has 0 heterocycles. The van der Waals surface area contributed by atoms with Crippen LogP contribution >= 0.6 is 11.6 Å². The van der Waals surface area contributed by atoms with Crippen molar-refractivity contribution in [3.05, 3.63) is 29.8 Å². The third kappa shape index (κ3) is 5.09. The zero-order valence-corrected chi connectivity index (χ0v) is 11.0. The summed E-state index contributed by atoms with van der Waals surface area (Å²) in [4.78, 5) is 13.1. The van der Waals surface area contributed by atoms with E-state index in [0.717, 1.165) is 11.3 Å². The molecule has 4 heteroatoms. The van der Waals surface area contributed by atoms with Crippen molar-refractivity contribution in [3.8, 4) is 5.75 Å². The van der Waals surface area contributed by atoms with Crippen molar-refractivity contribution in [2.75, 3.05) is 26.1 Å². The van der Waals surface area contributed by atoms with Gasteiger partial charge in [-0.3, -0.25) is 4.79 Å². The van der Waals surface area contributed by atoms with Gasteiger partial charge in [0.25, 0.3) is 0 Å². The average Bonchev–Trinajstić information content (AvgIpc) is 2.29. The second-order valence-corrected chi connectivity index (χ2v) is 4.30. The lowest BCUT2D eigenvalue weighted by atomic mass is 10.2.